The van der Waals surface area contributed by atoms with Gasteiger partial charge in [0.1, 0.15) is 0 Å². The molecule has 0 radical (unpaired) electrons. The SMILES string of the molecule is CCN(CC)C(=O)c1cccc(S(=O)(=O)N(C)Cc2ccccc2)c1. The quantitative estimate of drug-likeness (QED) is 0.763. The average molecular weight is 360 g/mol. The molecule has 0 aliphatic carbocycles. The summed E-state index contributed by atoms with van der Waals surface area (Å²) in [6.07, 6.45) is 0. The van der Waals surface area contributed by atoms with Crippen molar-refractivity contribution in [1.29, 1.82) is 0 Å². The predicted molar refractivity (Wildman–Crippen MR) is 98.8 cm³/mol. The Hall–Kier alpha value is -2.18. The number of benzene rings is 2. The summed E-state index contributed by atoms with van der Waals surface area (Å²) < 4.78 is 26.9. The number of rotatable bonds is 7. The Labute approximate surface area is 149 Å². The molecule has 0 aliphatic rings. The number of carbonyl (C=O) groups is 1. The fraction of sp³-hybridized carbons (Fsp3) is 0.316. The van der Waals surface area contributed by atoms with Gasteiger partial charge in [0.15, 0.2) is 0 Å². The van der Waals surface area contributed by atoms with Crippen molar-refractivity contribution < 1.29 is 13.2 Å². The van der Waals surface area contributed by atoms with Crippen molar-refractivity contribution in [3.63, 3.8) is 0 Å². The Morgan fingerprint density at radius 2 is 1.60 bits per heavy atom. The van der Waals surface area contributed by atoms with E-state index >= 15 is 0 Å². The molecule has 25 heavy (non-hydrogen) atoms. The molecule has 0 aromatic heterocycles. The lowest BCUT2D eigenvalue weighted by Crippen LogP contribution is -2.31. The Morgan fingerprint density at radius 3 is 2.20 bits per heavy atom. The summed E-state index contributed by atoms with van der Waals surface area (Å²) in [7, 11) is -2.13. The van der Waals surface area contributed by atoms with Gasteiger partial charge in [-0.3, -0.25) is 4.79 Å². The molecule has 5 nitrogen and oxygen atoms in total. The Kier molecular flexibility index (Phi) is 6.33. The van der Waals surface area contributed by atoms with Crippen LogP contribution in [-0.4, -0.2) is 43.7 Å². The number of hydrogen-bond donors (Lipinski definition) is 0. The van der Waals surface area contributed by atoms with E-state index in [0.29, 0.717) is 18.7 Å². The van der Waals surface area contributed by atoms with Crippen LogP contribution >= 0.6 is 0 Å². The smallest absolute Gasteiger partial charge is 0.253 e. The van der Waals surface area contributed by atoms with Crippen molar-refractivity contribution in [2.75, 3.05) is 20.1 Å². The van der Waals surface area contributed by atoms with Gasteiger partial charge in [0.2, 0.25) is 10.0 Å². The van der Waals surface area contributed by atoms with Gasteiger partial charge in [0, 0.05) is 32.2 Å². The van der Waals surface area contributed by atoms with Crippen LogP contribution in [0.25, 0.3) is 0 Å². The molecule has 0 saturated heterocycles. The number of amides is 1. The molecule has 0 aliphatic heterocycles. The minimum absolute atomic E-state index is 0.129. The molecule has 1 amide bonds. The van der Waals surface area contributed by atoms with Crippen molar-refractivity contribution >= 4 is 15.9 Å². The number of hydrogen-bond acceptors (Lipinski definition) is 3. The molecule has 2 aromatic carbocycles. The van der Waals surface area contributed by atoms with Gasteiger partial charge in [0.25, 0.3) is 5.91 Å². The van der Waals surface area contributed by atoms with E-state index in [-0.39, 0.29) is 17.3 Å². The first kappa shape index (κ1) is 19.1. The first-order valence-electron chi connectivity index (χ1n) is 8.29. The summed E-state index contributed by atoms with van der Waals surface area (Å²) in [6.45, 7) is 5.24. The van der Waals surface area contributed by atoms with Crippen molar-refractivity contribution in [1.82, 2.24) is 9.21 Å². The molecular formula is C19H24N2O3S. The topological polar surface area (TPSA) is 57.7 Å². The summed E-state index contributed by atoms with van der Waals surface area (Å²) in [6, 6.07) is 15.6. The minimum Gasteiger partial charge on any atom is -0.339 e. The van der Waals surface area contributed by atoms with Gasteiger partial charge in [-0.15, -0.1) is 0 Å². The first-order valence-corrected chi connectivity index (χ1v) is 9.73. The van der Waals surface area contributed by atoms with Gasteiger partial charge in [-0.25, -0.2) is 8.42 Å². The predicted octanol–water partition coefficient (Wildman–Crippen LogP) is 2.99. The Morgan fingerprint density at radius 1 is 0.960 bits per heavy atom. The van der Waals surface area contributed by atoms with E-state index < -0.39 is 10.0 Å². The standard InChI is InChI=1S/C19H24N2O3S/c1-4-21(5-2)19(22)17-12-9-13-18(14-17)25(23,24)20(3)15-16-10-7-6-8-11-16/h6-14H,4-5,15H2,1-3H3. The van der Waals surface area contributed by atoms with Crippen LogP contribution in [0, 0.1) is 0 Å². The van der Waals surface area contributed by atoms with Crippen molar-refractivity contribution in [3.05, 3.63) is 65.7 Å². The molecule has 0 saturated carbocycles. The van der Waals surface area contributed by atoms with Crippen LogP contribution in [0.1, 0.15) is 29.8 Å². The lowest BCUT2D eigenvalue weighted by atomic mass is 10.2. The van der Waals surface area contributed by atoms with Gasteiger partial charge in [-0.2, -0.15) is 4.31 Å². The molecule has 0 spiro atoms. The van der Waals surface area contributed by atoms with Crippen LogP contribution in [0.4, 0.5) is 0 Å². The van der Waals surface area contributed by atoms with Crippen LogP contribution in [-0.2, 0) is 16.6 Å². The van der Waals surface area contributed by atoms with Gasteiger partial charge < -0.3 is 4.90 Å². The third-order valence-corrected chi connectivity index (χ3v) is 5.89. The highest BCUT2D eigenvalue weighted by Crippen LogP contribution is 2.19. The summed E-state index contributed by atoms with van der Waals surface area (Å²) in [5.41, 5.74) is 1.29. The maximum Gasteiger partial charge on any atom is 0.253 e. The van der Waals surface area contributed by atoms with E-state index in [1.165, 1.54) is 16.4 Å². The maximum absolute atomic E-state index is 12.8. The lowest BCUT2D eigenvalue weighted by molar-refractivity contribution is 0.0772. The van der Waals surface area contributed by atoms with Crippen molar-refractivity contribution in [3.8, 4) is 0 Å². The molecular weight excluding hydrogens is 336 g/mol. The van der Waals surface area contributed by atoms with Crippen LogP contribution in [0.2, 0.25) is 0 Å². The molecule has 134 valence electrons. The van der Waals surface area contributed by atoms with Crippen LogP contribution in [0.5, 0.6) is 0 Å². The third-order valence-electron chi connectivity index (χ3n) is 4.09. The monoisotopic (exact) mass is 360 g/mol. The van der Waals surface area contributed by atoms with Crippen LogP contribution in [0.15, 0.2) is 59.5 Å². The van der Waals surface area contributed by atoms with Crippen LogP contribution in [0.3, 0.4) is 0 Å². The number of carbonyl (C=O) groups excluding carboxylic acids is 1. The van der Waals surface area contributed by atoms with Crippen molar-refractivity contribution in [2.45, 2.75) is 25.3 Å². The van der Waals surface area contributed by atoms with Crippen molar-refractivity contribution in [2.24, 2.45) is 0 Å². The van der Waals surface area contributed by atoms with E-state index in [2.05, 4.69) is 0 Å². The highest BCUT2D eigenvalue weighted by molar-refractivity contribution is 7.89. The highest BCUT2D eigenvalue weighted by Gasteiger charge is 2.23. The summed E-state index contributed by atoms with van der Waals surface area (Å²) >= 11 is 0. The van der Waals surface area contributed by atoms with Crippen LogP contribution < -0.4 is 0 Å². The zero-order valence-corrected chi connectivity index (χ0v) is 15.7. The zero-order chi connectivity index (χ0) is 18.4. The van der Waals surface area contributed by atoms with Gasteiger partial charge in [0.05, 0.1) is 4.90 Å². The Balaban J connectivity index is 2.27. The molecule has 0 bridgehead atoms. The first-order chi connectivity index (χ1) is 11.9. The summed E-state index contributed by atoms with van der Waals surface area (Å²) in [5.74, 6) is -0.159. The number of nitrogens with zero attached hydrogens (tertiary/aromatic N) is 2. The molecule has 2 aromatic rings. The molecule has 0 unspecified atom stereocenters. The molecule has 0 N–H and O–H groups in total. The Bertz CT molecular complexity index is 816. The molecule has 0 fully saturated rings. The summed E-state index contributed by atoms with van der Waals surface area (Å²) in [4.78, 5) is 14.3. The minimum atomic E-state index is -3.67. The fourth-order valence-corrected chi connectivity index (χ4v) is 3.79. The van der Waals surface area contributed by atoms with E-state index in [4.69, 9.17) is 0 Å². The maximum atomic E-state index is 12.8. The molecule has 6 heteroatoms. The zero-order valence-electron chi connectivity index (χ0n) is 14.8. The third kappa shape index (κ3) is 4.46. The fourth-order valence-electron chi connectivity index (χ4n) is 2.59. The largest absolute Gasteiger partial charge is 0.339 e. The molecule has 2 rings (SSSR count). The second kappa shape index (κ2) is 8.27. The molecule has 0 atom stereocenters. The van der Waals surface area contributed by atoms with E-state index in [1.807, 2.05) is 44.2 Å². The van der Waals surface area contributed by atoms with Gasteiger partial charge >= 0.3 is 0 Å². The second-order valence-electron chi connectivity index (χ2n) is 5.75. The number of sulfonamides is 1. The highest BCUT2D eigenvalue weighted by atomic mass is 32.2. The second-order valence-corrected chi connectivity index (χ2v) is 7.80. The van der Waals surface area contributed by atoms with E-state index in [1.54, 1.807) is 24.1 Å². The van der Waals surface area contributed by atoms with Gasteiger partial charge in [-0.05, 0) is 37.6 Å². The van der Waals surface area contributed by atoms with E-state index in [9.17, 15) is 13.2 Å². The summed E-state index contributed by atoms with van der Waals surface area (Å²) in [5, 5.41) is 0. The normalized spacial score (nSPS) is 11.5. The average Bonchev–Trinajstić information content (AvgIpc) is 2.63. The van der Waals surface area contributed by atoms with E-state index in [0.717, 1.165) is 5.56 Å². The van der Waals surface area contributed by atoms with Gasteiger partial charge in [-0.1, -0.05) is 36.4 Å². The lowest BCUT2D eigenvalue weighted by Gasteiger charge is -2.20. The molecule has 0 heterocycles.